The van der Waals surface area contributed by atoms with E-state index in [1.54, 1.807) is 0 Å². The van der Waals surface area contributed by atoms with Gasteiger partial charge in [0.1, 0.15) is 6.29 Å². The zero-order valence-corrected chi connectivity index (χ0v) is 16.8. The minimum Gasteiger partial charge on any atom is -0.466 e. The highest BCUT2D eigenvalue weighted by Gasteiger charge is 2.53. The first kappa shape index (κ1) is 20.2. The predicted octanol–water partition coefficient (Wildman–Crippen LogP) is 5.33. The third kappa shape index (κ3) is 4.17. The quantitative estimate of drug-likeness (QED) is 0.461. The monoisotopic (exact) mass is 348 g/mol. The highest BCUT2D eigenvalue weighted by atomic mass is 16.5. The molecular weight excluding hydrogens is 312 g/mol. The van der Waals surface area contributed by atoms with Crippen molar-refractivity contribution in [1.82, 2.24) is 0 Å². The van der Waals surface area contributed by atoms with Crippen LogP contribution in [0.25, 0.3) is 0 Å². The summed E-state index contributed by atoms with van der Waals surface area (Å²) in [5.41, 5.74) is 1.39. The number of hydrogen-bond acceptors (Lipinski definition) is 3. The Morgan fingerprint density at radius 3 is 2.72 bits per heavy atom. The van der Waals surface area contributed by atoms with Gasteiger partial charge in [0.15, 0.2) is 0 Å². The van der Waals surface area contributed by atoms with E-state index in [-0.39, 0.29) is 16.8 Å². The summed E-state index contributed by atoms with van der Waals surface area (Å²) in [6.07, 6.45) is 11.2. The van der Waals surface area contributed by atoms with E-state index in [9.17, 15) is 9.59 Å². The third-order valence-electron chi connectivity index (χ3n) is 7.49. The maximum absolute atomic E-state index is 11.6. The van der Waals surface area contributed by atoms with Gasteiger partial charge in [-0.1, -0.05) is 40.2 Å². The molecule has 25 heavy (non-hydrogen) atoms. The molecule has 142 valence electrons. The second-order valence-corrected chi connectivity index (χ2v) is 9.04. The fraction of sp³-hybridized carbons (Fsp3) is 0.818. The fourth-order valence-electron chi connectivity index (χ4n) is 5.43. The molecule has 1 fully saturated rings. The molecule has 0 aliphatic heterocycles. The summed E-state index contributed by atoms with van der Waals surface area (Å²) < 4.78 is 5.10. The second kappa shape index (κ2) is 8.05. The van der Waals surface area contributed by atoms with Crippen molar-refractivity contribution < 1.29 is 14.3 Å². The van der Waals surface area contributed by atoms with Crippen molar-refractivity contribution >= 4 is 12.3 Å². The van der Waals surface area contributed by atoms with Crippen LogP contribution in [0.1, 0.15) is 79.6 Å². The highest BCUT2D eigenvalue weighted by Crippen LogP contribution is 2.61. The van der Waals surface area contributed by atoms with Crippen LogP contribution in [0, 0.1) is 28.6 Å². The molecule has 1 saturated carbocycles. The van der Waals surface area contributed by atoms with Crippen molar-refractivity contribution in [3.63, 3.8) is 0 Å². The summed E-state index contributed by atoms with van der Waals surface area (Å²) in [6, 6.07) is 0. The number of ether oxygens (including phenoxy) is 1. The molecule has 0 bridgehead atoms. The Morgan fingerprint density at radius 2 is 2.08 bits per heavy atom. The largest absolute Gasteiger partial charge is 0.466 e. The van der Waals surface area contributed by atoms with Crippen LogP contribution in [-0.4, -0.2) is 18.9 Å². The van der Waals surface area contributed by atoms with E-state index >= 15 is 0 Å². The molecule has 0 amide bonds. The Bertz CT molecular complexity index is 523. The van der Waals surface area contributed by atoms with Crippen LogP contribution < -0.4 is 0 Å². The maximum Gasteiger partial charge on any atom is 0.302 e. The zero-order valence-electron chi connectivity index (χ0n) is 16.8. The van der Waals surface area contributed by atoms with Gasteiger partial charge in [0.05, 0.1) is 6.61 Å². The molecule has 0 spiro atoms. The van der Waals surface area contributed by atoms with Gasteiger partial charge in [-0.15, -0.1) is 0 Å². The van der Waals surface area contributed by atoms with Crippen LogP contribution in [0.15, 0.2) is 11.6 Å². The maximum atomic E-state index is 11.6. The Balaban J connectivity index is 2.05. The summed E-state index contributed by atoms with van der Waals surface area (Å²) in [7, 11) is 0. The molecule has 2 aliphatic rings. The zero-order chi connectivity index (χ0) is 18.7. The van der Waals surface area contributed by atoms with Crippen LogP contribution in [0.3, 0.4) is 0 Å². The molecule has 2 rings (SSSR count). The topological polar surface area (TPSA) is 43.4 Å². The average molecular weight is 349 g/mol. The van der Waals surface area contributed by atoms with E-state index in [1.807, 2.05) is 0 Å². The van der Waals surface area contributed by atoms with Gasteiger partial charge in [0, 0.05) is 6.92 Å². The number of esters is 1. The molecule has 0 saturated heterocycles. The Hall–Kier alpha value is -1.12. The lowest BCUT2D eigenvalue weighted by molar-refractivity contribution is -0.141. The number of aldehydes is 1. The van der Waals surface area contributed by atoms with E-state index in [0.29, 0.717) is 24.4 Å². The molecule has 0 heterocycles. The lowest BCUT2D eigenvalue weighted by Gasteiger charge is -2.57. The van der Waals surface area contributed by atoms with Gasteiger partial charge in [0.2, 0.25) is 0 Å². The highest BCUT2D eigenvalue weighted by molar-refractivity contribution is 5.76. The summed E-state index contributed by atoms with van der Waals surface area (Å²) >= 11 is 0. The lowest BCUT2D eigenvalue weighted by Crippen LogP contribution is -2.50. The van der Waals surface area contributed by atoms with E-state index in [2.05, 4.69) is 33.8 Å². The van der Waals surface area contributed by atoms with Crippen molar-refractivity contribution in [1.29, 1.82) is 0 Å². The molecule has 0 aromatic carbocycles. The fourth-order valence-corrected chi connectivity index (χ4v) is 5.43. The molecule has 0 unspecified atom stereocenters. The number of hydrogen-bond donors (Lipinski definition) is 0. The average Bonchev–Trinajstić information content (AvgIpc) is 2.56. The number of rotatable bonds is 7. The predicted molar refractivity (Wildman–Crippen MR) is 101 cm³/mol. The first-order valence-electron chi connectivity index (χ1n) is 10.0. The van der Waals surface area contributed by atoms with Crippen molar-refractivity contribution in [2.45, 2.75) is 79.6 Å². The van der Waals surface area contributed by atoms with E-state index in [1.165, 1.54) is 26.2 Å². The Morgan fingerprint density at radius 1 is 1.36 bits per heavy atom. The molecule has 2 aliphatic carbocycles. The Labute approximate surface area is 153 Å². The van der Waals surface area contributed by atoms with Gasteiger partial charge in [-0.3, -0.25) is 9.59 Å². The van der Waals surface area contributed by atoms with Gasteiger partial charge in [-0.25, -0.2) is 0 Å². The van der Waals surface area contributed by atoms with E-state index in [4.69, 9.17) is 4.74 Å². The smallest absolute Gasteiger partial charge is 0.302 e. The van der Waals surface area contributed by atoms with Gasteiger partial charge in [-0.2, -0.15) is 0 Å². The van der Waals surface area contributed by atoms with Crippen molar-refractivity contribution in [3.8, 4) is 0 Å². The number of allylic oxidation sites excluding steroid dienone is 2. The minimum atomic E-state index is -0.189. The van der Waals surface area contributed by atoms with Crippen LogP contribution in [-0.2, 0) is 14.3 Å². The molecule has 0 aromatic rings. The van der Waals surface area contributed by atoms with Crippen molar-refractivity contribution in [3.05, 3.63) is 11.6 Å². The molecule has 5 atom stereocenters. The Kier molecular flexibility index (Phi) is 6.51. The van der Waals surface area contributed by atoms with Gasteiger partial charge in [-0.05, 0) is 72.7 Å². The first-order chi connectivity index (χ1) is 11.7. The van der Waals surface area contributed by atoms with Crippen molar-refractivity contribution in [2.75, 3.05) is 6.61 Å². The van der Waals surface area contributed by atoms with Crippen LogP contribution in [0.2, 0.25) is 0 Å². The van der Waals surface area contributed by atoms with Gasteiger partial charge >= 0.3 is 5.97 Å². The molecular formula is C22H36O3. The normalized spacial score (nSPS) is 36.1. The molecule has 0 radical (unpaired) electrons. The van der Waals surface area contributed by atoms with Crippen LogP contribution >= 0.6 is 0 Å². The lowest BCUT2D eigenvalue weighted by atomic mass is 9.47. The number of carbonyl (C=O) groups excluding carboxylic acids is 2. The first-order valence-corrected chi connectivity index (χ1v) is 10.0. The summed E-state index contributed by atoms with van der Waals surface area (Å²) in [5.74, 6) is 1.65. The molecule has 0 aromatic heterocycles. The minimum absolute atomic E-state index is 0.0578. The SMILES string of the molecule is CC(=O)OCC[C@H](C)CC[C@@]1(C)[C@H](C)CC[C@]2(C)C(C=O)=CCC[C@H]12. The molecule has 0 N–H and O–H groups in total. The van der Waals surface area contributed by atoms with E-state index in [0.717, 1.165) is 37.5 Å². The summed E-state index contributed by atoms with van der Waals surface area (Å²) in [6.45, 7) is 11.5. The molecule has 3 nitrogen and oxygen atoms in total. The third-order valence-corrected chi connectivity index (χ3v) is 7.49. The number of fused-ring (bicyclic) bond motifs is 1. The van der Waals surface area contributed by atoms with Crippen LogP contribution in [0.5, 0.6) is 0 Å². The summed E-state index contributed by atoms with van der Waals surface area (Å²) in [5, 5.41) is 0. The molecule has 3 heteroatoms. The van der Waals surface area contributed by atoms with E-state index < -0.39 is 0 Å². The standard InChI is InChI=1S/C22H36O3/c1-16(11-14-25-18(3)24)9-12-21(4)17(2)10-13-22(5)19(15-23)7-6-8-20(21)22/h7,15-17,20H,6,8-14H2,1-5H3/t16-,17-,20-,21+,22-/m1/s1. The van der Waals surface area contributed by atoms with Crippen LogP contribution in [0.4, 0.5) is 0 Å². The summed E-state index contributed by atoms with van der Waals surface area (Å²) in [4.78, 5) is 22.6. The van der Waals surface area contributed by atoms with Crippen molar-refractivity contribution in [2.24, 2.45) is 28.6 Å². The number of carbonyl (C=O) groups is 2. The van der Waals surface area contributed by atoms with Gasteiger partial charge in [0.25, 0.3) is 0 Å². The van der Waals surface area contributed by atoms with Gasteiger partial charge < -0.3 is 4.74 Å². The second-order valence-electron chi connectivity index (χ2n) is 9.04.